The van der Waals surface area contributed by atoms with Crippen molar-refractivity contribution in [1.82, 2.24) is 9.78 Å². The van der Waals surface area contributed by atoms with E-state index in [0.29, 0.717) is 0 Å². The monoisotopic (exact) mass is 308 g/mol. The molecule has 1 aromatic heterocycles. The Bertz CT molecular complexity index is 510. The molecule has 1 atom stereocenters. The van der Waals surface area contributed by atoms with Gasteiger partial charge in [-0.2, -0.15) is 5.10 Å². The highest BCUT2D eigenvalue weighted by Gasteiger charge is 2.12. The van der Waals surface area contributed by atoms with Crippen molar-refractivity contribution in [3.8, 4) is 0 Å². The van der Waals surface area contributed by atoms with E-state index >= 15 is 0 Å². The lowest BCUT2D eigenvalue weighted by molar-refractivity contribution is 0.264. The Morgan fingerprint density at radius 2 is 2.28 bits per heavy atom. The van der Waals surface area contributed by atoms with Gasteiger partial charge in [-0.3, -0.25) is 4.68 Å². The highest BCUT2D eigenvalue weighted by atomic mass is 79.9. The van der Waals surface area contributed by atoms with E-state index in [1.165, 1.54) is 0 Å². The summed E-state index contributed by atoms with van der Waals surface area (Å²) in [5, 5.41) is 13.8. The molecule has 0 saturated heterocycles. The lowest BCUT2D eigenvalue weighted by Gasteiger charge is -2.13. The summed E-state index contributed by atoms with van der Waals surface area (Å²) in [6.07, 6.45) is 4.73. The van der Waals surface area contributed by atoms with Crippen LogP contribution in [0.15, 0.2) is 41.1 Å². The molecule has 0 radical (unpaired) electrons. The lowest BCUT2D eigenvalue weighted by Crippen LogP contribution is -2.07. The number of hydrogen-bond acceptors (Lipinski definition) is 2. The van der Waals surface area contributed by atoms with Crippen LogP contribution in [0.2, 0.25) is 0 Å². The van der Waals surface area contributed by atoms with Crippen molar-refractivity contribution >= 4 is 15.9 Å². The molecule has 96 valence electrons. The Morgan fingerprint density at radius 1 is 1.44 bits per heavy atom. The number of halogens is 1. The van der Waals surface area contributed by atoms with Crippen molar-refractivity contribution in [3.63, 3.8) is 0 Å². The minimum absolute atomic E-state index is 0.122. The molecule has 0 saturated carbocycles. The molecule has 1 aromatic carbocycles. The molecular formula is C14H17BrN2O. The van der Waals surface area contributed by atoms with Crippen molar-refractivity contribution in [2.45, 2.75) is 25.8 Å². The maximum absolute atomic E-state index is 9.55. The van der Waals surface area contributed by atoms with E-state index < -0.39 is 0 Å². The molecule has 2 aromatic rings. The van der Waals surface area contributed by atoms with E-state index in [4.69, 9.17) is 0 Å². The first-order chi connectivity index (χ1) is 8.72. The smallest absolute Gasteiger partial charge is 0.0521 e. The summed E-state index contributed by atoms with van der Waals surface area (Å²) in [6, 6.07) is 8.10. The molecule has 0 aliphatic carbocycles. The maximum atomic E-state index is 9.55. The Balaban J connectivity index is 2.14. The zero-order chi connectivity index (χ0) is 13.0. The molecule has 1 N–H and O–H groups in total. The zero-order valence-corrected chi connectivity index (χ0v) is 12.0. The van der Waals surface area contributed by atoms with Crippen molar-refractivity contribution in [2.75, 3.05) is 6.61 Å². The summed E-state index contributed by atoms with van der Waals surface area (Å²) in [5.41, 5.74) is 2.31. The molecule has 1 unspecified atom stereocenters. The third-order valence-corrected chi connectivity index (χ3v) is 3.53. The molecule has 18 heavy (non-hydrogen) atoms. The van der Waals surface area contributed by atoms with E-state index in [2.05, 4.69) is 40.1 Å². The van der Waals surface area contributed by atoms with Gasteiger partial charge in [0.05, 0.1) is 12.8 Å². The summed E-state index contributed by atoms with van der Waals surface area (Å²) in [7, 11) is 0. The highest BCUT2D eigenvalue weighted by Crippen LogP contribution is 2.23. The fourth-order valence-corrected chi connectivity index (χ4v) is 2.43. The van der Waals surface area contributed by atoms with Crippen LogP contribution >= 0.6 is 15.9 Å². The van der Waals surface area contributed by atoms with Crippen LogP contribution in [0.1, 0.15) is 24.0 Å². The Kier molecular flexibility index (Phi) is 4.55. The van der Waals surface area contributed by atoms with Crippen LogP contribution in [0.3, 0.4) is 0 Å². The Hall–Kier alpha value is -1.13. The summed E-state index contributed by atoms with van der Waals surface area (Å²) in [4.78, 5) is 0. The molecule has 0 spiro atoms. The molecule has 0 amide bonds. The quantitative estimate of drug-likeness (QED) is 0.922. The number of aliphatic hydroxyl groups is 1. The zero-order valence-electron chi connectivity index (χ0n) is 10.4. The van der Waals surface area contributed by atoms with Crippen LogP contribution in [0.4, 0.5) is 0 Å². The van der Waals surface area contributed by atoms with Gasteiger partial charge in [-0.15, -0.1) is 0 Å². The highest BCUT2D eigenvalue weighted by molar-refractivity contribution is 9.10. The first-order valence-electron chi connectivity index (χ1n) is 6.10. The van der Waals surface area contributed by atoms with Crippen LogP contribution in [0.5, 0.6) is 0 Å². The van der Waals surface area contributed by atoms with Crippen molar-refractivity contribution < 1.29 is 5.11 Å². The SMILES string of the molecule is CCn1cc(CC(CO)c2cccc(Br)c2)cn1. The van der Waals surface area contributed by atoms with Gasteiger partial charge >= 0.3 is 0 Å². The van der Waals surface area contributed by atoms with Crippen LogP contribution in [-0.2, 0) is 13.0 Å². The minimum Gasteiger partial charge on any atom is -0.396 e. The molecule has 3 nitrogen and oxygen atoms in total. The molecule has 1 heterocycles. The number of rotatable bonds is 5. The van der Waals surface area contributed by atoms with E-state index in [0.717, 1.165) is 28.6 Å². The Morgan fingerprint density at radius 3 is 2.89 bits per heavy atom. The van der Waals surface area contributed by atoms with Gasteiger partial charge in [-0.1, -0.05) is 28.1 Å². The van der Waals surface area contributed by atoms with Gasteiger partial charge in [0.1, 0.15) is 0 Å². The van der Waals surface area contributed by atoms with E-state index in [1.807, 2.05) is 29.2 Å². The molecule has 0 bridgehead atoms. The fourth-order valence-electron chi connectivity index (χ4n) is 2.02. The second kappa shape index (κ2) is 6.16. The van der Waals surface area contributed by atoms with Crippen LogP contribution in [0, 0.1) is 0 Å². The number of aromatic nitrogens is 2. The van der Waals surface area contributed by atoms with E-state index in [9.17, 15) is 5.11 Å². The second-order valence-corrected chi connectivity index (χ2v) is 5.26. The van der Waals surface area contributed by atoms with Gasteiger partial charge in [-0.05, 0) is 36.6 Å². The van der Waals surface area contributed by atoms with Crippen molar-refractivity contribution in [3.05, 3.63) is 52.3 Å². The van der Waals surface area contributed by atoms with E-state index in [1.54, 1.807) is 0 Å². The first-order valence-corrected chi connectivity index (χ1v) is 6.90. The van der Waals surface area contributed by atoms with Crippen molar-refractivity contribution in [2.24, 2.45) is 0 Å². The molecule has 0 aliphatic heterocycles. The average molecular weight is 309 g/mol. The predicted molar refractivity (Wildman–Crippen MR) is 75.6 cm³/mol. The standard InChI is InChI=1S/C14H17BrN2O/c1-2-17-9-11(8-16-17)6-13(10-18)12-4-3-5-14(15)7-12/h3-5,7-9,13,18H,2,6,10H2,1H3. The molecule has 2 rings (SSSR count). The molecule has 4 heteroatoms. The van der Waals surface area contributed by atoms with Gasteiger partial charge in [0.2, 0.25) is 0 Å². The summed E-state index contributed by atoms with van der Waals surface area (Å²) in [6.45, 7) is 3.09. The summed E-state index contributed by atoms with van der Waals surface area (Å²) >= 11 is 3.46. The number of benzene rings is 1. The number of hydrogen-bond donors (Lipinski definition) is 1. The summed E-state index contributed by atoms with van der Waals surface area (Å²) < 4.78 is 2.95. The van der Waals surface area contributed by atoms with Crippen molar-refractivity contribution in [1.29, 1.82) is 0 Å². The Labute approximate surface area is 116 Å². The first kappa shape index (κ1) is 13.3. The average Bonchev–Trinajstić information content (AvgIpc) is 2.83. The fraction of sp³-hybridized carbons (Fsp3) is 0.357. The van der Waals surface area contributed by atoms with Crippen LogP contribution < -0.4 is 0 Å². The van der Waals surface area contributed by atoms with Crippen LogP contribution in [-0.4, -0.2) is 21.5 Å². The lowest BCUT2D eigenvalue weighted by atomic mass is 9.94. The third-order valence-electron chi connectivity index (χ3n) is 3.03. The van der Waals surface area contributed by atoms with E-state index in [-0.39, 0.29) is 12.5 Å². The van der Waals surface area contributed by atoms with Gasteiger partial charge in [-0.25, -0.2) is 0 Å². The van der Waals surface area contributed by atoms with Gasteiger partial charge in [0.25, 0.3) is 0 Å². The van der Waals surface area contributed by atoms with Crippen LogP contribution in [0.25, 0.3) is 0 Å². The van der Waals surface area contributed by atoms with Gasteiger partial charge in [0.15, 0.2) is 0 Å². The topological polar surface area (TPSA) is 38.0 Å². The number of aliphatic hydroxyl groups excluding tert-OH is 1. The van der Waals surface area contributed by atoms with Gasteiger partial charge in [0, 0.05) is 23.1 Å². The summed E-state index contributed by atoms with van der Waals surface area (Å²) in [5.74, 6) is 0.122. The largest absolute Gasteiger partial charge is 0.396 e. The third kappa shape index (κ3) is 3.21. The maximum Gasteiger partial charge on any atom is 0.0521 e. The molecular weight excluding hydrogens is 292 g/mol. The molecule has 0 fully saturated rings. The number of aryl methyl sites for hydroxylation is 1. The number of nitrogens with zero attached hydrogens (tertiary/aromatic N) is 2. The van der Waals surface area contributed by atoms with Gasteiger partial charge < -0.3 is 5.11 Å². The second-order valence-electron chi connectivity index (χ2n) is 4.34. The molecule has 0 aliphatic rings. The normalized spacial score (nSPS) is 12.6. The minimum atomic E-state index is 0.122. The predicted octanol–water partition coefficient (Wildman–Crippen LogP) is 2.98.